The van der Waals surface area contributed by atoms with Crippen LogP contribution in [0.25, 0.3) is 0 Å². The number of fused-ring (bicyclic) bond motifs is 2. The van der Waals surface area contributed by atoms with E-state index in [1.807, 2.05) is 79.4 Å². The van der Waals surface area contributed by atoms with Crippen LogP contribution in [0.5, 0.6) is 0 Å². The number of carbonyl (C=O) groups is 2. The SMILES string of the molecule is C[C@@H]1CN(C(=O)c2cccc(C3=Nc4ccccc4C3)n2)C[C@@H](C)N1C(=O)c1cccc(C2=Nc3ccccc3C2)n1. The topological polar surface area (TPSA) is 91.1 Å². The fourth-order valence-electron chi connectivity index (χ4n) is 6.18. The molecule has 2 atom stereocenters. The standard InChI is InChI=1S/C34H30N6O2/c1-21-19-39(33(41)29-15-7-13-27(37-29)31-17-23-9-3-5-11-25(23)35-31)20-22(2)40(21)34(42)30-16-8-14-28(38-30)32-18-24-10-4-6-12-26(24)36-32/h3-16,21-22H,17-20H2,1-2H3/t21-,22-/m1/s1. The van der Waals surface area contributed by atoms with E-state index in [0.717, 1.165) is 33.9 Å². The Morgan fingerprint density at radius 3 is 1.60 bits per heavy atom. The van der Waals surface area contributed by atoms with Gasteiger partial charge in [0.15, 0.2) is 0 Å². The second kappa shape index (κ2) is 10.4. The number of pyridine rings is 2. The first-order valence-electron chi connectivity index (χ1n) is 14.3. The lowest BCUT2D eigenvalue weighted by Gasteiger charge is -2.44. The summed E-state index contributed by atoms with van der Waals surface area (Å²) in [6.45, 7) is 4.78. The van der Waals surface area contributed by atoms with Gasteiger partial charge in [-0.15, -0.1) is 0 Å². The highest BCUT2D eigenvalue weighted by molar-refractivity contribution is 6.07. The molecule has 42 heavy (non-hydrogen) atoms. The number of rotatable bonds is 4. The maximum atomic E-state index is 13.7. The van der Waals surface area contributed by atoms with E-state index < -0.39 is 0 Å². The molecule has 2 amide bonds. The zero-order chi connectivity index (χ0) is 28.8. The molecule has 208 valence electrons. The van der Waals surface area contributed by atoms with Crippen molar-refractivity contribution in [3.05, 3.63) is 119 Å². The van der Waals surface area contributed by atoms with Gasteiger partial charge in [-0.3, -0.25) is 19.6 Å². The first-order valence-corrected chi connectivity index (χ1v) is 14.3. The molecular formula is C34H30N6O2. The highest BCUT2D eigenvalue weighted by Gasteiger charge is 2.36. The zero-order valence-electron chi connectivity index (χ0n) is 23.6. The van der Waals surface area contributed by atoms with Crippen LogP contribution in [-0.4, -0.2) is 68.2 Å². The van der Waals surface area contributed by atoms with Crippen molar-refractivity contribution in [2.75, 3.05) is 13.1 Å². The maximum Gasteiger partial charge on any atom is 0.273 e. The normalized spacial score (nSPS) is 19.2. The number of nitrogens with zero attached hydrogens (tertiary/aromatic N) is 6. The lowest BCUT2D eigenvalue weighted by Crippen LogP contribution is -2.60. The number of para-hydroxylation sites is 2. The Bertz CT molecular complexity index is 1780. The van der Waals surface area contributed by atoms with Gasteiger partial charge in [0, 0.05) is 38.0 Å². The van der Waals surface area contributed by atoms with Crippen LogP contribution in [0.1, 0.15) is 57.3 Å². The molecule has 1 saturated heterocycles. The van der Waals surface area contributed by atoms with Gasteiger partial charge in [0.1, 0.15) is 11.4 Å². The molecule has 0 radical (unpaired) electrons. The van der Waals surface area contributed by atoms with Gasteiger partial charge in [0.2, 0.25) is 0 Å². The molecule has 7 rings (SSSR count). The smallest absolute Gasteiger partial charge is 0.273 e. The van der Waals surface area contributed by atoms with Crippen molar-refractivity contribution < 1.29 is 9.59 Å². The van der Waals surface area contributed by atoms with Crippen molar-refractivity contribution in [3.63, 3.8) is 0 Å². The highest BCUT2D eigenvalue weighted by atomic mass is 16.2. The third-order valence-electron chi connectivity index (χ3n) is 8.18. The summed E-state index contributed by atoms with van der Waals surface area (Å²) < 4.78 is 0. The van der Waals surface area contributed by atoms with E-state index in [2.05, 4.69) is 12.1 Å². The van der Waals surface area contributed by atoms with Crippen molar-refractivity contribution in [2.45, 2.75) is 38.8 Å². The van der Waals surface area contributed by atoms with Gasteiger partial charge in [0.25, 0.3) is 11.8 Å². The Labute approximate surface area is 244 Å². The van der Waals surface area contributed by atoms with E-state index >= 15 is 0 Å². The molecule has 0 N–H and O–H groups in total. The van der Waals surface area contributed by atoms with Crippen molar-refractivity contribution in [1.82, 2.24) is 19.8 Å². The number of aliphatic imine (C=N–C) groups is 2. The van der Waals surface area contributed by atoms with Gasteiger partial charge in [-0.05, 0) is 61.4 Å². The molecule has 2 aromatic carbocycles. The van der Waals surface area contributed by atoms with Gasteiger partial charge in [-0.2, -0.15) is 0 Å². The van der Waals surface area contributed by atoms with E-state index in [4.69, 9.17) is 20.0 Å². The van der Waals surface area contributed by atoms with Crippen molar-refractivity contribution >= 4 is 34.6 Å². The molecule has 2 aromatic heterocycles. The molecule has 0 aliphatic carbocycles. The fourth-order valence-corrected chi connectivity index (χ4v) is 6.18. The minimum Gasteiger partial charge on any atom is -0.333 e. The number of aromatic nitrogens is 2. The van der Waals surface area contributed by atoms with E-state index in [1.54, 1.807) is 17.0 Å². The minimum absolute atomic E-state index is 0.140. The summed E-state index contributed by atoms with van der Waals surface area (Å²) in [4.78, 5) is 49.9. The molecule has 1 fully saturated rings. The van der Waals surface area contributed by atoms with Gasteiger partial charge in [-0.25, -0.2) is 9.97 Å². The van der Waals surface area contributed by atoms with Crippen LogP contribution < -0.4 is 0 Å². The number of hydrogen-bond acceptors (Lipinski definition) is 6. The quantitative estimate of drug-likeness (QED) is 0.347. The predicted molar refractivity (Wildman–Crippen MR) is 162 cm³/mol. The number of piperazine rings is 1. The van der Waals surface area contributed by atoms with Crippen LogP contribution >= 0.6 is 0 Å². The number of benzene rings is 2. The second-order valence-corrected chi connectivity index (χ2v) is 11.2. The average Bonchev–Trinajstić information content (AvgIpc) is 3.65. The van der Waals surface area contributed by atoms with Crippen molar-refractivity contribution in [2.24, 2.45) is 9.98 Å². The Morgan fingerprint density at radius 2 is 1.10 bits per heavy atom. The molecule has 0 saturated carbocycles. The molecule has 0 spiro atoms. The molecule has 3 aliphatic rings. The van der Waals surface area contributed by atoms with Crippen LogP contribution in [-0.2, 0) is 12.8 Å². The number of amides is 2. The summed E-state index contributed by atoms with van der Waals surface area (Å²) in [5.74, 6) is -0.281. The van der Waals surface area contributed by atoms with Crippen LogP contribution in [0, 0.1) is 0 Å². The second-order valence-electron chi connectivity index (χ2n) is 11.2. The molecule has 5 heterocycles. The molecule has 8 heteroatoms. The summed E-state index contributed by atoms with van der Waals surface area (Å²) in [5.41, 5.74) is 8.17. The Kier molecular flexibility index (Phi) is 6.46. The third kappa shape index (κ3) is 4.68. The third-order valence-corrected chi connectivity index (χ3v) is 8.18. The average molecular weight is 555 g/mol. The lowest BCUT2D eigenvalue weighted by molar-refractivity contribution is 0.0248. The summed E-state index contributed by atoms with van der Waals surface area (Å²) >= 11 is 0. The van der Waals surface area contributed by atoms with Crippen molar-refractivity contribution in [1.29, 1.82) is 0 Å². The molecule has 0 unspecified atom stereocenters. The molecule has 0 bridgehead atoms. The zero-order valence-corrected chi connectivity index (χ0v) is 23.6. The largest absolute Gasteiger partial charge is 0.333 e. The van der Waals surface area contributed by atoms with E-state index in [-0.39, 0.29) is 23.9 Å². The maximum absolute atomic E-state index is 13.7. The molecule has 8 nitrogen and oxygen atoms in total. The van der Waals surface area contributed by atoms with E-state index in [0.29, 0.717) is 48.7 Å². The van der Waals surface area contributed by atoms with E-state index in [1.165, 1.54) is 0 Å². The Morgan fingerprint density at radius 1 is 0.619 bits per heavy atom. The monoisotopic (exact) mass is 554 g/mol. The van der Waals surface area contributed by atoms with Crippen molar-refractivity contribution in [3.8, 4) is 0 Å². The minimum atomic E-state index is -0.194. The first-order chi connectivity index (χ1) is 20.4. The summed E-state index contributed by atoms with van der Waals surface area (Å²) in [5, 5.41) is 0. The molecular weight excluding hydrogens is 524 g/mol. The summed E-state index contributed by atoms with van der Waals surface area (Å²) in [7, 11) is 0. The lowest BCUT2D eigenvalue weighted by atomic mass is 10.1. The summed E-state index contributed by atoms with van der Waals surface area (Å²) in [6.07, 6.45) is 1.40. The van der Waals surface area contributed by atoms with Crippen LogP contribution in [0.15, 0.2) is 94.9 Å². The predicted octanol–water partition coefficient (Wildman–Crippen LogP) is 5.21. The number of hydrogen-bond donors (Lipinski definition) is 0. The Hall–Kier alpha value is -4.98. The van der Waals surface area contributed by atoms with Gasteiger partial charge in [-0.1, -0.05) is 48.5 Å². The van der Waals surface area contributed by atoms with Gasteiger partial charge < -0.3 is 9.80 Å². The molecule has 4 aromatic rings. The first kappa shape index (κ1) is 26.0. The van der Waals surface area contributed by atoms with Crippen LogP contribution in [0.2, 0.25) is 0 Å². The van der Waals surface area contributed by atoms with Crippen LogP contribution in [0.4, 0.5) is 11.4 Å². The highest BCUT2D eigenvalue weighted by Crippen LogP contribution is 2.29. The van der Waals surface area contributed by atoms with Crippen LogP contribution in [0.3, 0.4) is 0 Å². The number of carbonyl (C=O) groups excluding carboxylic acids is 2. The molecule has 3 aliphatic heterocycles. The fraction of sp³-hybridized carbons (Fsp3) is 0.235. The van der Waals surface area contributed by atoms with Gasteiger partial charge >= 0.3 is 0 Å². The Balaban J connectivity index is 1.05. The van der Waals surface area contributed by atoms with E-state index in [9.17, 15) is 9.59 Å². The van der Waals surface area contributed by atoms with Gasteiger partial charge in [0.05, 0.1) is 34.2 Å². The summed E-state index contributed by atoms with van der Waals surface area (Å²) in [6, 6.07) is 26.7.